The van der Waals surface area contributed by atoms with Crippen LogP contribution < -0.4 is 10.5 Å². The van der Waals surface area contributed by atoms with Gasteiger partial charge in [-0.2, -0.15) is 0 Å². The van der Waals surface area contributed by atoms with Crippen LogP contribution in [0.3, 0.4) is 0 Å². The predicted molar refractivity (Wildman–Crippen MR) is 139 cm³/mol. The summed E-state index contributed by atoms with van der Waals surface area (Å²) in [6.07, 6.45) is 8.74. The van der Waals surface area contributed by atoms with E-state index in [9.17, 15) is 14.7 Å². The summed E-state index contributed by atoms with van der Waals surface area (Å²) in [7, 11) is 0. The molecular formula is C28H40N4O5. The molecule has 1 aromatic carbocycles. The number of carbonyl (C=O) groups excluding carboxylic acids is 1. The van der Waals surface area contributed by atoms with Crippen LogP contribution in [0.4, 0.5) is 0 Å². The van der Waals surface area contributed by atoms with E-state index in [1.54, 1.807) is 6.20 Å². The summed E-state index contributed by atoms with van der Waals surface area (Å²) in [4.78, 5) is 34.4. The van der Waals surface area contributed by atoms with Gasteiger partial charge in [-0.3, -0.25) is 14.5 Å². The summed E-state index contributed by atoms with van der Waals surface area (Å²) in [6.45, 7) is 5.50. The molecule has 202 valence electrons. The van der Waals surface area contributed by atoms with Gasteiger partial charge in [0.2, 0.25) is 5.91 Å². The Hall–Kier alpha value is -2.91. The van der Waals surface area contributed by atoms with Crippen molar-refractivity contribution in [3.63, 3.8) is 0 Å². The van der Waals surface area contributed by atoms with E-state index >= 15 is 0 Å². The number of amides is 1. The molecule has 3 atom stereocenters. The molecule has 1 amide bonds. The van der Waals surface area contributed by atoms with Crippen molar-refractivity contribution in [3.8, 4) is 5.75 Å². The van der Waals surface area contributed by atoms with E-state index in [-0.39, 0.29) is 24.4 Å². The first-order chi connectivity index (χ1) is 18.0. The zero-order chi connectivity index (χ0) is 26.2. The van der Waals surface area contributed by atoms with Crippen LogP contribution in [-0.4, -0.2) is 77.1 Å². The molecule has 1 unspecified atom stereocenters. The SMILES string of the molecule is CCCCN(CCCCN)C(=O)CN1C[C@H](c2ccc3c(c2)CCO3)C(C(=O)O)[C@@H]1CCc1ncco1. The number of ether oxygens (including phenoxy) is 1. The van der Waals surface area contributed by atoms with Crippen LogP contribution in [-0.2, 0) is 22.4 Å². The van der Waals surface area contributed by atoms with Gasteiger partial charge in [0.15, 0.2) is 5.89 Å². The maximum absolute atomic E-state index is 13.5. The lowest BCUT2D eigenvalue weighted by molar-refractivity contribution is -0.143. The number of aromatic nitrogens is 1. The number of rotatable bonds is 14. The highest BCUT2D eigenvalue weighted by molar-refractivity contribution is 5.79. The number of hydrogen-bond donors (Lipinski definition) is 2. The van der Waals surface area contributed by atoms with Crippen LogP contribution >= 0.6 is 0 Å². The van der Waals surface area contributed by atoms with Crippen LogP contribution in [0.25, 0.3) is 0 Å². The molecule has 9 heteroatoms. The quantitative estimate of drug-likeness (QED) is 0.370. The molecule has 0 radical (unpaired) electrons. The Bertz CT molecular complexity index is 1030. The summed E-state index contributed by atoms with van der Waals surface area (Å²) in [6, 6.07) is 5.73. The number of likely N-dealkylation sites (tertiary alicyclic amines) is 1. The predicted octanol–water partition coefficient (Wildman–Crippen LogP) is 3.08. The highest BCUT2D eigenvalue weighted by Crippen LogP contribution is 2.41. The Kier molecular flexibility index (Phi) is 9.57. The molecule has 0 bridgehead atoms. The number of oxazole rings is 1. The fourth-order valence-corrected chi connectivity index (χ4v) is 5.71. The summed E-state index contributed by atoms with van der Waals surface area (Å²) >= 11 is 0. The Morgan fingerprint density at radius 3 is 2.81 bits per heavy atom. The first-order valence-electron chi connectivity index (χ1n) is 13.6. The third-order valence-corrected chi connectivity index (χ3v) is 7.67. The first kappa shape index (κ1) is 27.1. The number of aryl methyl sites for hydroxylation is 1. The number of carboxylic acids is 1. The zero-order valence-corrected chi connectivity index (χ0v) is 21.8. The average Bonchev–Trinajstić information content (AvgIpc) is 3.64. The number of unbranched alkanes of at least 4 members (excludes halogenated alkanes) is 2. The monoisotopic (exact) mass is 512 g/mol. The number of benzene rings is 1. The fraction of sp³-hybridized carbons (Fsp3) is 0.607. The number of aliphatic carboxylic acids is 1. The smallest absolute Gasteiger partial charge is 0.308 e. The molecule has 0 aliphatic carbocycles. The molecule has 4 rings (SSSR count). The van der Waals surface area contributed by atoms with Crippen molar-refractivity contribution in [2.45, 2.75) is 63.8 Å². The second kappa shape index (κ2) is 13.1. The van der Waals surface area contributed by atoms with Gasteiger partial charge in [0.25, 0.3) is 0 Å². The van der Waals surface area contributed by atoms with E-state index in [1.807, 2.05) is 17.0 Å². The van der Waals surface area contributed by atoms with Crippen LogP contribution in [0.15, 0.2) is 35.1 Å². The van der Waals surface area contributed by atoms with Crippen molar-refractivity contribution in [2.24, 2.45) is 11.7 Å². The molecule has 3 heterocycles. The standard InChI is InChI=1S/C28H40N4O5/c1-2-3-13-31(14-5-4-11-29)26(33)19-32-18-22(20-6-8-24-21(17-20)10-15-36-24)27(28(34)35)23(32)7-9-25-30-12-16-37-25/h6,8,12,16-17,22-23,27H,2-5,7,9-11,13-15,18-19,29H2,1H3,(H,34,35)/t22-,23+,27?/m1/s1. The van der Waals surface area contributed by atoms with Gasteiger partial charge in [-0.05, 0) is 49.4 Å². The molecule has 1 aromatic heterocycles. The van der Waals surface area contributed by atoms with Crippen molar-refractivity contribution in [1.82, 2.24) is 14.8 Å². The van der Waals surface area contributed by atoms with Gasteiger partial charge in [0.05, 0.1) is 25.3 Å². The van der Waals surface area contributed by atoms with E-state index in [4.69, 9.17) is 14.9 Å². The third-order valence-electron chi connectivity index (χ3n) is 7.67. The highest BCUT2D eigenvalue weighted by atomic mass is 16.5. The van der Waals surface area contributed by atoms with Crippen molar-refractivity contribution in [3.05, 3.63) is 47.7 Å². The molecule has 2 aliphatic rings. The van der Waals surface area contributed by atoms with Crippen molar-refractivity contribution in [1.29, 1.82) is 0 Å². The minimum absolute atomic E-state index is 0.0544. The number of nitrogens with zero attached hydrogens (tertiary/aromatic N) is 3. The average molecular weight is 513 g/mol. The fourth-order valence-electron chi connectivity index (χ4n) is 5.71. The summed E-state index contributed by atoms with van der Waals surface area (Å²) < 4.78 is 11.1. The number of nitrogens with two attached hydrogens (primary N) is 1. The van der Waals surface area contributed by atoms with Crippen LogP contribution in [0.1, 0.15) is 62.0 Å². The van der Waals surface area contributed by atoms with E-state index in [0.717, 1.165) is 49.0 Å². The molecule has 3 N–H and O–H groups in total. The van der Waals surface area contributed by atoms with Gasteiger partial charge in [-0.1, -0.05) is 25.5 Å². The molecule has 37 heavy (non-hydrogen) atoms. The van der Waals surface area contributed by atoms with E-state index in [0.29, 0.717) is 51.5 Å². The second-order valence-corrected chi connectivity index (χ2v) is 10.1. The maximum Gasteiger partial charge on any atom is 0.308 e. The number of carboxylic acid groups (broad SMARTS) is 1. The lowest BCUT2D eigenvalue weighted by Crippen LogP contribution is -2.45. The van der Waals surface area contributed by atoms with Gasteiger partial charge >= 0.3 is 5.97 Å². The lowest BCUT2D eigenvalue weighted by atomic mass is 9.83. The van der Waals surface area contributed by atoms with Gasteiger partial charge in [0, 0.05) is 44.4 Å². The van der Waals surface area contributed by atoms with E-state index in [2.05, 4.69) is 22.9 Å². The largest absolute Gasteiger partial charge is 0.493 e. The van der Waals surface area contributed by atoms with Gasteiger partial charge in [-0.15, -0.1) is 0 Å². The van der Waals surface area contributed by atoms with Crippen LogP contribution in [0.2, 0.25) is 0 Å². The molecular weight excluding hydrogens is 472 g/mol. The van der Waals surface area contributed by atoms with Crippen molar-refractivity contribution >= 4 is 11.9 Å². The van der Waals surface area contributed by atoms with Gasteiger partial charge in [0.1, 0.15) is 12.0 Å². The van der Waals surface area contributed by atoms with Crippen LogP contribution in [0, 0.1) is 5.92 Å². The summed E-state index contributed by atoms with van der Waals surface area (Å²) in [5.41, 5.74) is 7.80. The minimum Gasteiger partial charge on any atom is -0.493 e. The molecule has 9 nitrogen and oxygen atoms in total. The summed E-state index contributed by atoms with van der Waals surface area (Å²) in [5.74, 6) is -0.166. The Morgan fingerprint density at radius 2 is 2.08 bits per heavy atom. The lowest BCUT2D eigenvalue weighted by Gasteiger charge is -2.29. The first-order valence-corrected chi connectivity index (χ1v) is 13.6. The Morgan fingerprint density at radius 1 is 1.24 bits per heavy atom. The molecule has 2 aliphatic heterocycles. The van der Waals surface area contributed by atoms with Crippen molar-refractivity contribution < 1.29 is 23.8 Å². The minimum atomic E-state index is -0.833. The molecule has 1 saturated heterocycles. The normalized spacial score (nSPS) is 21.1. The summed E-state index contributed by atoms with van der Waals surface area (Å²) in [5, 5.41) is 10.4. The Labute approximate surface area is 219 Å². The maximum atomic E-state index is 13.5. The molecule has 0 saturated carbocycles. The molecule has 1 fully saturated rings. The van der Waals surface area contributed by atoms with Crippen molar-refractivity contribution in [2.75, 3.05) is 39.3 Å². The molecule has 2 aromatic rings. The van der Waals surface area contributed by atoms with Gasteiger partial charge in [-0.25, -0.2) is 4.98 Å². The van der Waals surface area contributed by atoms with E-state index in [1.165, 1.54) is 6.26 Å². The number of fused-ring (bicyclic) bond motifs is 1. The second-order valence-electron chi connectivity index (χ2n) is 10.1. The zero-order valence-electron chi connectivity index (χ0n) is 21.8. The highest BCUT2D eigenvalue weighted by Gasteiger charge is 2.47. The van der Waals surface area contributed by atoms with Gasteiger partial charge < -0.3 is 24.9 Å². The molecule has 0 spiro atoms. The third kappa shape index (κ3) is 6.70. The Balaban J connectivity index is 1.56. The number of carbonyl (C=O) groups is 2. The van der Waals surface area contributed by atoms with E-state index < -0.39 is 11.9 Å². The van der Waals surface area contributed by atoms with Crippen LogP contribution in [0.5, 0.6) is 5.75 Å². The topological polar surface area (TPSA) is 122 Å². The number of hydrogen-bond acceptors (Lipinski definition) is 7.